The molecule has 0 bridgehead atoms. The highest BCUT2D eigenvalue weighted by Gasteiger charge is 2.08. The van der Waals surface area contributed by atoms with Gasteiger partial charge in [-0.3, -0.25) is 4.90 Å². The van der Waals surface area contributed by atoms with Crippen LogP contribution in [0.3, 0.4) is 0 Å². The highest BCUT2D eigenvalue weighted by atomic mass is 15.2. The minimum absolute atomic E-state index is 0.949. The number of aryl methyl sites for hydroxylation is 1. The van der Waals surface area contributed by atoms with Crippen LogP contribution in [-0.4, -0.2) is 53.7 Å². The van der Waals surface area contributed by atoms with E-state index < -0.39 is 0 Å². The van der Waals surface area contributed by atoms with Gasteiger partial charge in [0.2, 0.25) is 5.95 Å². The maximum absolute atomic E-state index is 4.22. The monoisotopic (exact) mass is 209 g/mol. The van der Waals surface area contributed by atoms with Crippen molar-refractivity contribution in [2.75, 3.05) is 44.6 Å². The van der Waals surface area contributed by atoms with Crippen molar-refractivity contribution >= 4 is 5.95 Å². The van der Waals surface area contributed by atoms with E-state index in [9.17, 15) is 0 Å². The van der Waals surface area contributed by atoms with Crippen LogP contribution in [0, 0.1) is 0 Å². The van der Waals surface area contributed by atoms with Crippen molar-refractivity contribution in [2.45, 2.75) is 0 Å². The summed E-state index contributed by atoms with van der Waals surface area (Å²) in [5.41, 5.74) is 0. The van der Waals surface area contributed by atoms with E-state index in [0.29, 0.717) is 0 Å². The molecule has 2 heterocycles. The SMILES string of the molecule is Cn1ccnc1NCCN1CCNCC1. The summed E-state index contributed by atoms with van der Waals surface area (Å²) in [5, 5.41) is 6.68. The minimum Gasteiger partial charge on any atom is -0.354 e. The Balaban J connectivity index is 1.68. The predicted octanol–water partition coefficient (Wildman–Crippen LogP) is -0.263. The molecule has 1 aliphatic rings. The summed E-state index contributed by atoms with van der Waals surface area (Å²) in [7, 11) is 2.00. The Morgan fingerprint density at radius 1 is 1.47 bits per heavy atom. The molecule has 5 nitrogen and oxygen atoms in total. The lowest BCUT2D eigenvalue weighted by Gasteiger charge is -2.27. The van der Waals surface area contributed by atoms with Crippen LogP contribution >= 0.6 is 0 Å². The first kappa shape index (κ1) is 10.4. The molecule has 5 heteroatoms. The van der Waals surface area contributed by atoms with Gasteiger partial charge in [-0.05, 0) is 0 Å². The zero-order valence-electron chi connectivity index (χ0n) is 9.24. The number of anilines is 1. The molecule has 1 aliphatic heterocycles. The zero-order valence-corrected chi connectivity index (χ0v) is 9.24. The van der Waals surface area contributed by atoms with Gasteiger partial charge in [0.05, 0.1) is 0 Å². The van der Waals surface area contributed by atoms with Crippen LogP contribution < -0.4 is 10.6 Å². The summed E-state index contributed by atoms with van der Waals surface area (Å²) < 4.78 is 2.00. The topological polar surface area (TPSA) is 45.1 Å². The van der Waals surface area contributed by atoms with Crippen LogP contribution in [0.1, 0.15) is 0 Å². The molecule has 1 fully saturated rings. The van der Waals surface area contributed by atoms with E-state index in [4.69, 9.17) is 0 Å². The van der Waals surface area contributed by atoms with Gasteiger partial charge in [-0.25, -0.2) is 4.98 Å². The fourth-order valence-electron chi connectivity index (χ4n) is 1.80. The molecule has 0 amide bonds. The lowest BCUT2D eigenvalue weighted by molar-refractivity contribution is 0.249. The maximum Gasteiger partial charge on any atom is 0.202 e. The first-order chi connectivity index (χ1) is 7.36. The molecule has 1 aromatic heterocycles. The Morgan fingerprint density at radius 2 is 2.27 bits per heavy atom. The molecule has 1 aromatic rings. The van der Waals surface area contributed by atoms with Gasteiger partial charge in [-0.15, -0.1) is 0 Å². The van der Waals surface area contributed by atoms with Gasteiger partial charge in [-0.2, -0.15) is 0 Å². The molecule has 2 N–H and O–H groups in total. The zero-order chi connectivity index (χ0) is 10.5. The van der Waals surface area contributed by atoms with Crippen molar-refractivity contribution < 1.29 is 0 Å². The fourth-order valence-corrected chi connectivity index (χ4v) is 1.80. The average molecular weight is 209 g/mol. The van der Waals surface area contributed by atoms with Crippen LogP contribution in [0.15, 0.2) is 12.4 Å². The molecule has 2 rings (SSSR count). The summed E-state index contributed by atoms with van der Waals surface area (Å²) >= 11 is 0. The molecule has 1 saturated heterocycles. The number of hydrogen-bond donors (Lipinski definition) is 2. The Labute approximate surface area is 90.5 Å². The minimum atomic E-state index is 0.949. The standard InChI is InChI=1S/C10H19N5/c1-14-6-4-12-10(14)13-5-9-15-7-2-11-3-8-15/h4,6,11H,2-3,5,7-9H2,1H3,(H,12,13). The summed E-state index contributed by atoms with van der Waals surface area (Å²) in [6, 6.07) is 0. The number of nitrogens with one attached hydrogen (secondary N) is 2. The highest BCUT2D eigenvalue weighted by molar-refractivity contribution is 5.24. The molecular formula is C10H19N5. The summed E-state index contributed by atoms with van der Waals surface area (Å²) in [6.07, 6.45) is 3.76. The second kappa shape index (κ2) is 5.14. The highest BCUT2D eigenvalue weighted by Crippen LogP contribution is 2.00. The van der Waals surface area contributed by atoms with Gasteiger partial charge in [0.15, 0.2) is 0 Å². The third-order valence-electron chi connectivity index (χ3n) is 2.74. The van der Waals surface area contributed by atoms with Crippen molar-refractivity contribution in [1.29, 1.82) is 0 Å². The smallest absolute Gasteiger partial charge is 0.202 e. The van der Waals surface area contributed by atoms with Crippen LogP contribution in [0.25, 0.3) is 0 Å². The van der Waals surface area contributed by atoms with Crippen LogP contribution in [0.5, 0.6) is 0 Å². The molecule has 0 spiro atoms. The normalized spacial score (nSPS) is 17.9. The number of aromatic nitrogens is 2. The number of hydrogen-bond acceptors (Lipinski definition) is 4. The van der Waals surface area contributed by atoms with Crippen molar-refractivity contribution in [3.63, 3.8) is 0 Å². The van der Waals surface area contributed by atoms with Crippen molar-refractivity contribution in [3.8, 4) is 0 Å². The largest absolute Gasteiger partial charge is 0.354 e. The van der Waals surface area contributed by atoms with Crippen molar-refractivity contribution in [3.05, 3.63) is 12.4 Å². The first-order valence-corrected chi connectivity index (χ1v) is 5.50. The van der Waals surface area contributed by atoms with Crippen LogP contribution in [-0.2, 0) is 7.05 Å². The Bertz CT molecular complexity index is 290. The lowest BCUT2D eigenvalue weighted by Crippen LogP contribution is -2.45. The first-order valence-electron chi connectivity index (χ1n) is 5.50. The predicted molar refractivity (Wildman–Crippen MR) is 61.0 cm³/mol. The molecular weight excluding hydrogens is 190 g/mol. The number of piperazine rings is 1. The molecule has 84 valence electrons. The van der Waals surface area contributed by atoms with E-state index >= 15 is 0 Å². The van der Waals surface area contributed by atoms with E-state index in [-0.39, 0.29) is 0 Å². The Hall–Kier alpha value is -1.07. The molecule has 0 unspecified atom stereocenters. The van der Waals surface area contributed by atoms with Gasteiger partial charge in [0, 0.05) is 58.7 Å². The van der Waals surface area contributed by atoms with E-state index in [1.54, 1.807) is 0 Å². The number of rotatable bonds is 4. The lowest BCUT2D eigenvalue weighted by atomic mass is 10.3. The summed E-state index contributed by atoms with van der Waals surface area (Å²) in [4.78, 5) is 6.68. The second-order valence-electron chi connectivity index (χ2n) is 3.88. The summed E-state index contributed by atoms with van der Waals surface area (Å²) in [6.45, 7) is 6.59. The second-order valence-corrected chi connectivity index (χ2v) is 3.88. The number of nitrogens with zero attached hydrogens (tertiary/aromatic N) is 3. The average Bonchev–Trinajstić information content (AvgIpc) is 2.66. The third-order valence-corrected chi connectivity index (χ3v) is 2.74. The van der Waals surface area contributed by atoms with E-state index in [1.165, 1.54) is 0 Å². The van der Waals surface area contributed by atoms with E-state index in [2.05, 4.69) is 20.5 Å². The van der Waals surface area contributed by atoms with Crippen LogP contribution in [0.4, 0.5) is 5.95 Å². The van der Waals surface area contributed by atoms with E-state index in [1.807, 2.05) is 24.0 Å². The molecule has 0 radical (unpaired) electrons. The van der Waals surface area contributed by atoms with Gasteiger partial charge < -0.3 is 15.2 Å². The fraction of sp³-hybridized carbons (Fsp3) is 0.700. The van der Waals surface area contributed by atoms with Gasteiger partial charge >= 0.3 is 0 Å². The van der Waals surface area contributed by atoms with Gasteiger partial charge in [0.25, 0.3) is 0 Å². The maximum atomic E-state index is 4.22. The van der Waals surface area contributed by atoms with E-state index in [0.717, 1.165) is 45.2 Å². The summed E-state index contributed by atoms with van der Waals surface area (Å²) in [5.74, 6) is 0.949. The molecule has 15 heavy (non-hydrogen) atoms. The van der Waals surface area contributed by atoms with Crippen molar-refractivity contribution in [2.24, 2.45) is 7.05 Å². The Kier molecular flexibility index (Phi) is 3.58. The quantitative estimate of drug-likeness (QED) is 0.717. The van der Waals surface area contributed by atoms with Crippen LogP contribution in [0.2, 0.25) is 0 Å². The number of imidazole rings is 1. The van der Waals surface area contributed by atoms with Crippen molar-refractivity contribution in [1.82, 2.24) is 19.8 Å². The molecule has 0 aromatic carbocycles. The Morgan fingerprint density at radius 3 is 2.93 bits per heavy atom. The molecule has 0 aliphatic carbocycles. The molecule has 0 atom stereocenters. The molecule has 0 saturated carbocycles. The van der Waals surface area contributed by atoms with Gasteiger partial charge in [0.1, 0.15) is 0 Å². The third kappa shape index (κ3) is 2.94. The van der Waals surface area contributed by atoms with Gasteiger partial charge in [-0.1, -0.05) is 0 Å².